The zero-order chi connectivity index (χ0) is 21.4. The van der Waals surface area contributed by atoms with Crippen LogP contribution in [0.2, 0.25) is 0 Å². The third-order valence-electron chi connectivity index (χ3n) is 3.86. The van der Waals surface area contributed by atoms with Gasteiger partial charge in [0, 0.05) is 12.2 Å². The van der Waals surface area contributed by atoms with Crippen LogP contribution >= 0.6 is 0 Å². The van der Waals surface area contributed by atoms with Crippen LogP contribution in [0.1, 0.15) is 30.5 Å². The number of benzene rings is 2. The molecular weight excluding hydrogens is 372 g/mol. The third kappa shape index (κ3) is 7.03. The van der Waals surface area contributed by atoms with Gasteiger partial charge in [-0.15, -0.1) is 0 Å². The summed E-state index contributed by atoms with van der Waals surface area (Å²) < 4.78 is 5.43. The number of esters is 1. The average molecular weight is 394 g/mol. The van der Waals surface area contributed by atoms with E-state index in [4.69, 9.17) is 9.84 Å². The molecule has 0 saturated heterocycles. The van der Waals surface area contributed by atoms with E-state index in [0.29, 0.717) is 23.3 Å². The minimum absolute atomic E-state index is 0.245. The molecule has 0 heterocycles. The van der Waals surface area contributed by atoms with Crippen molar-refractivity contribution in [2.45, 2.75) is 20.3 Å². The summed E-state index contributed by atoms with van der Waals surface area (Å²) in [6, 6.07) is 9.24. The van der Waals surface area contributed by atoms with Crippen molar-refractivity contribution in [2.75, 3.05) is 0 Å². The smallest absolute Gasteiger partial charge is 0.336 e. The summed E-state index contributed by atoms with van der Waals surface area (Å²) >= 11 is 0. The summed E-state index contributed by atoms with van der Waals surface area (Å²) in [4.78, 5) is 22.9. The monoisotopic (exact) mass is 394 g/mol. The molecule has 0 aliphatic rings. The number of rotatable bonds is 7. The first-order valence-corrected chi connectivity index (χ1v) is 8.84. The van der Waals surface area contributed by atoms with Gasteiger partial charge in [-0.05, 0) is 73.4 Å². The highest BCUT2D eigenvalue weighted by Gasteiger charge is 2.08. The van der Waals surface area contributed by atoms with Crippen molar-refractivity contribution in [3.05, 3.63) is 76.9 Å². The molecule has 0 aliphatic carbocycles. The fraction of sp³-hybridized carbons (Fsp3) is 0.130. The maximum Gasteiger partial charge on any atom is 0.336 e. The lowest BCUT2D eigenvalue weighted by Gasteiger charge is -2.09. The van der Waals surface area contributed by atoms with Crippen molar-refractivity contribution < 1.29 is 29.6 Å². The largest absolute Gasteiger partial charge is 0.504 e. The highest BCUT2D eigenvalue weighted by molar-refractivity contribution is 5.89. The number of allylic oxidation sites excluding steroid dienone is 2. The lowest BCUT2D eigenvalue weighted by atomic mass is 10.0. The van der Waals surface area contributed by atoms with Crippen molar-refractivity contribution in [1.29, 1.82) is 0 Å². The van der Waals surface area contributed by atoms with Gasteiger partial charge in [-0.2, -0.15) is 0 Å². The predicted molar refractivity (Wildman–Crippen MR) is 111 cm³/mol. The van der Waals surface area contributed by atoms with E-state index < -0.39 is 11.9 Å². The van der Waals surface area contributed by atoms with Gasteiger partial charge in [0.2, 0.25) is 0 Å². The first kappa shape index (κ1) is 21.5. The van der Waals surface area contributed by atoms with Gasteiger partial charge < -0.3 is 20.1 Å². The fourth-order valence-corrected chi connectivity index (χ4v) is 2.39. The van der Waals surface area contributed by atoms with Crippen molar-refractivity contribution in [3.8, 4) is 17.2 Å². The van der Waals surface area contributed by atoms with E-state index in [2.05, 4.69) is 0 Å². The molecule has 0 radical (unpaired) electrons. The molecule has 0 aromatic heterocycles. The first-order chi connectivity index (χ1) is 13.7. The van der Waals surface area contributed by atoms with Crippen molar-refractivity contribution >= 4 is 24.1 Å². The number of carboxylic acids is 1. The Morgan fingerprint density at radius 3 is 2.24 bits per heavy atom. The van der Waals surface area contributed by atoms with Crippen LogP contribution in [0.25, 0.3) is 12.2 Å². The molecule has 6 nitrogen and oxygen atoms in total. The molecule has 2 rings (SSSR count). The number of aromatic hydroxyl groups is 2. The van der Waals surface area contributed by atoms with E-state index in [0.717, 1.165) is 17.2 Å². The predicted octanol–water partition coefficient (Wildman–Crippen LogP) is 4.32. The van der Waals surface area contributed by atoms with Gasteiger partial charge >= 0.3 is 11.9 Å². The van der Waals surface area contributed by atoms with Gasteiger partial charge in [-0.3, -0.25) is 0 Å². The Hall–Kier alpha value is -3.80. The van der Waals surface area contributed by atoms with Gasteiger partial charge in [-0.1, -0.05) is 23.8 Å². The molecule has 2 aromatic rings. The second-order valence-electron chi connectivity index (χ2n) is 6.53. The number of hydrogen-bond acceptors (Lipinski definition) is 5. The minimum Gasteiger partial charge on any atom is -0.504 e. The molecule has 0 bridgehead atoms. The van der Waals surface area contributed by atoms with E-state index >= 15 is 0 Å². The summed E-state index contributed by atoms with van der Waals surface area (Å²) in [5.41, 5.74) is 3.04. The van der Waals surface area contributed by atoms with Crippen LogP contribution in [0.5, 0.6) is 17.2 Å². The Labute approximate surface area is 168 Å². The fourth-order valence-electron chi connectivity index (χ4n) is 2.39. The zero-order valence-electron chi connectivity index (χ0n) is 16.1. The Bertz CT molecular complexity index is 994. The first-order valence-electron chi connectivity index (χ1n) is 8.84. The molecule has 150 valence electrons. The molecule has 6 heteroatoms. The van der Waals surface area contributed by atoms with Crippen LogP contribution in [0, 0.1) is 0 Å². The zero-order valence-corrected chi connectivity index (χ0v) is 16.1. The van der Waals surface area contributed by atoms with Crippen LogP contribution in [-0.2, 0) is 16.0 Å². The van der Waals surface area contributed by atoms with E-state index in [1.54, 1.807) is 24.3 Å². The Kier molecular flexibility index (Phi) is 7.37. The molecular formula is C23H22O6. The van der Waals surface area contributed by atoms with Gasteiger partial charge in [0.15, 0.2) is 11.5 Å². The number of aliphatic carboxylic acids is 1. The van der Waals surface area contributed by atoms with E-state index in [9.17, 15) is 19.8 Å². The molecule has 3 N–H and O–H groups in total. The normalized spacial score (nSPS) is 11.0. The SMILES string of the molecule is CC(C)=CCc1cc(C=CC(=O)O)ccc1OC(=O)/C=C/c1ccc(O)c(O)c1. The number of phenols is 2. The van der Waals surface area contributed by atoms with Crippen molar-refractivity contribution in [2.24, 2.45) is 0 Å². The quantitative estimate of drug-likeness (QED) is 0.212. The van der Waals surface area contributed by atoms with Crippen LogP contribution in [-0.4, -0.2) is 27.3 Å². The van der Waals surface area contributed by atoms with E-state index in [1.165, 1.54) is 30.4 Å². The summed E-state index contributed by atoms with van der Waals surface area (Å²) in [6.45, 7) is 3.91. The summed E-state index contributed by atoms with van der Waals surface area (Å²) in [5, 5.41) is 27.6. The average Bonchev–Trinajstić information content (AvgIpc) is 2.66. The van der Waals surface area contributed by atoms with E-state index in [1.807, 2.05) is 19.9 Å². The second kappa shape index (κ2) is 9.94. The summed E-state index contributed by atoms with van der Waals surface area (Å²) in [7, 11) is 0. The third-order valence-corrected chi connectivity index (χ3v) is 3.86. The number of hydrogen-bond donors (Lipinski definition) is 3. The van der Waals surface area contributed by atoms with Crippen LogP contribution < -0.4 is 4.74 Å². The highest BCUT2D eigenvalue weighted by atomic mass is 16.5. The maximum atomic E-state index is 12.2. The maximum absolute atomic E-state index is 12.2. The molecule has 0 saturated carbocycles. The van der Waals surface area contributed by atoms with Crippen LogP contribution in [0.4, 0.5) is 0 Å². The molecule has 0 amide bonds. The second-order valence-corrected chi connectivity index (χ2v) is 6.53. The Balaban J connectivity index is 2.21. The van der Waals surface area contributed by atoms with Crippen LogP contribution in [0.3, 0.4) is 0 Å². The van der Waals surface area contributed by atoms with Crippen molar-refractivity contribution in [3.63, 3.8) is 0 Å². The minimum atomic E-state index is -1.04. The van der Waals surface area contributed by atoms with Crippen molar-refractivity contribution in [1.82, 2.24) is 0 Å². The summed E-state index contributed by atoms with van der Waals surface area (Å²) in [5.74, 6) is -1.81. The van der Waals surface area contributed by atoms with Crippen LogP contribution in [0.15, 0.2) is 60.2 Å². The number of ether oxygens (including phenoxy) is 1. The molecule has 0 spiro atoms. The topological polar surface area (TPSA) is 104 Å². The van der Waals surface area contributed by atoms with Gasteiger partial charge in [0.25, 0.3) is 0 Å². The molecule has 2 aromatic carbocycles. The molecule has 0 unspecified atom stereocenters. The van der Waals surface area contributed by atoms with Gasteiger partial charge in [0.1, 0.15) is 5.75 Å². The molecule has 0 aliphatic heterocycles. The lowest BCUT2D eigenvalue weighted by Crippen LogP contribution is -2.06. The van der Waals surface area contributed by atoms with Gasteiger partial charge in [-0.25, -0.2) is 9.59 Å². The van der Waals surface area contributed by atoms with Gasteiger partial charge in [0.05, 0.1) is 0 Å². The Morgan fingerprint density at radius 2 is 1.59 bits per heavy atom. The highest BCUT2D eigenvalue weighted by Crippen LogP contribution is 2.26. The number of carbonyl (C=O) groups excluding carboxylic acids is 1. The lowest BCUT2D eigenvalue weighted by molar-refractivity contribution is -0.131. The number of phenolic OH excluding ortho intramolecular Hbond substituents is 2. The number of carbonyl (C=O) groups is 2. The Morgan fingerprint density at radius 1 is 0.931 bits per heavy atom. The molecule has 29 heavy (non-hydrogen) atoms. The molecule has 0 atom stereocenters. The summed E-state index contributed by atoms with van der Waals surface area (Å²) in [6.07, 6.45) is 7.69. The number of carboxylic acid groups (broad SMARTS) is 1. The molecule has 0 fully saturated rings. The van der Waals surface area contributed by atoms with E-state index in [-0.39, 0.29) is 11.5 Å². The standard InChI is InChI=1S/C23H22O6/c1-15(2)3-8-18-13-16(6-11-22(26)27)5-10-21(18)29-23(28)12-7-17-4-9-19(24)20(25)14-17/h3-7,9-14,24-25H,8H2,1-2H3,(H,26,27)/b11-6?,12-7+.